The van der Waals surface area contributed by atoms with Crippen LogP contribution in [0.25, 0.3) is 0 Å². The maximum Gasteiger partial charge on any atom is 0.338 e. The molecule has 0 N–H and O–H groups in total. The molecule has 0 aliphatic carbocycles. The van der Waals surface area contributed by atoms with E-state index in [0.29, 0.717) is 12.2 Å². The molecule has 0 spiro atoms. The Labute approximate surface area is 153 Å². The predicted molar refractivity (Wildman–Crippen MR) is 106 cm³/mol. The summed E-state index contributed by atoms with van der Waals surface area (Å²) in [6, 6.07) is 15.6. The summed E-state index contributed by atoms with van der Waals surface area (Å²) < 4.78 is 5.03. The van der Waals surface area contributed by atoms with E-state index in [1.807, 2.05) is 24.3 Å². The summed E-state index contributed by atoms with van der Waals surface area (Å²) in [5, 5.41) is 2.11. The molecular formula is C21H23NO2S. The molecule has 0 atom stereocenters. The number of nitrogens with zero attached hydrogens (tertiary/aromatic N) is 1. The first-order valence-electron chi connectivity index (χ1n) is 8.36. The van der Waals surface area contributed by atoms with Gasteiger partial charge >= 0.3 is 5.97 Å². The fraction of sp³-hybridized carbons (Fsp3) is 0.238. The van der Waals surface area contributed by atoms with Crippen molar-refractivity contribution >= 4 is 23.4 Å². The third-order valence-electron chi connectivity index (χ3n) is 3.56. The molecule has 0 heterocycles. The number of benzene rings is 2. The second-order valence-electron chi connectivity index (χ2n) is 5.26. The molecule has 0 radical (unpaired) electrons. The largest absolute Gasteiger partial charge is 0.462 e. The first kappa shape index (κ1) is 19.0. The number of esters is 1. The van der Waals surface area contributed by atoms with Gasteiger partial charge in [0.2, 0.25) is 0 Å². The lowest BCUT2D eigenvalue weighted by Crippen LogP contribution is -2.07. The summed E-state index contributed by atoms with van der Waals surface area (Å²) in [5.41, 5.74) is 3.51. The van der Waals surface area contributed by atoms with Gasteiger partial charge in [-0.15, -0.1) is 0 Å². The molecule has 0 aliphatic rings. The average molecular weight is 353 g/mol. The highest BCUT2D eigenvalue weighted by Crippen LogP contribution is 2.26. The van der Waals surface area contributed by atoms with Crippen LogP contribution in [0, 0.1) is 0 Å². The van der Waals surface area contributed by atoms with Crippen molar-refractivity contribution in [3.63, 3.8) is 0 Å². The highest BCUT2D eigenvalue weighted by Gasteiger charge is 2.12. The molecule has 130 valence electrons. The van der Waals surface area contributed by atoms with Crippen LogP contribution in [0.1, 0.15) is 41.8 Å². The molecular weight excluding hydrogens is 330 g/mol. The lowest BCUT2D eigenvalue weighted by Gasteiger charge is -2.11. The maximum atomic E-state index is 11.8. The number of hydrogen-bond donors (Lipinski definition) is 0. The SMILES string of the molecule is CC/C=C/Sc1ccccc1C(=NC)c1ccc(C(=O)OCC)cc1. The van der Waals surface area contributed by atoms with Gasteiger partial charge in [0.25, 0.3) is 0 Å². The summed E-state index contributed by atoms with van der Waals surface area (Å²) in [6.45, 7) is 4.29. The first-order chi connectivity index (χ1) is 12.2. The minimum atomic E-state index is -0.301. The van der Waals surface area contributed by atoms with Gasteiger partial charge in [-0.3, -0.25) is 4.99 Å². The lowest BCUT2D eigenvalue weighted by molar-refractivity contribution is 0.0526. The topological polar surface area (TPSA) is 38.7 Å². The zero-order valence-electron chi connectivity index (χ0n) is 14.9. The first-order valence-corrected chi connectivity index (χ1v) is 9.24. The molecule has 0 fully saturated rings. The summed E-state index contributed by atoms with van der Waals surface area (Å²) in [6.07, 6.45) is 3.15. The molecule has 4 heteroatoms. The van der Waals surface area contributed by atoms with Crippen LogP contribution in [-0.2, 0) is 4.74 Å². The molecule has 0 saturated carbocycles. The zero-order chi connectivity index (χ0) is 18.1. The van der Waals surface area contributed by atoms with E-state index in [-0.39, 0.29) is 5.97 Å². The molecule has 3 nitrogen and oxygen atoms in total. The molecule has 25 heavy (non-hydrogen) atoms. The average Bonchev–Trinajstić information content (AvgIpc) is 2.64. The number of carbonyl (C=O) groups excluding carboxylic acids is 1. The van der Waals surface area contributed by atoms with Crippen molar-refractivity contribution < 1.29 is 9.53 Å². The summed E-state index contributed by atoms with van der Waals surface area (Å²) in [4.78, 5) is 17.4. The van der Waals surface area contributed by atoms with Crippen molar-refractivity contribution in [1.82, 2.24) is 0 Å². The third-order valence-corrected chi connectivity index (χ3v) is 4.50. The maximum absolute atomic E-state index is 11.8. The van der Waals surface area contributed by atoms with Crippen LogP contribution >= 0.6 is 11.8 Å². The van der Waals surface area contributed by atoms with E-state index in [9.17, 15) is 4.79 Å². The van der Waals surface area contributed by atoms with Gasteiger partial charge in [-0.2, -0.15) is 0 Å². The van der Waals surface area contributed by atoms with Crippen molar-refractivity contribution in [3.8, 4) is 0 Å². The summed E-state index contributed by atoms with van der Waals surface area (Å²) in [7, 11) is 1.79. The molecule has 0 bridgehead atoms. The third kappa shape index (κ3) is 5.07. The van der Waals surface area contributed by atoms with E-state index in [0.717, 1.165) is 28.2 Å². The zero-order valence-corrected chi connectivity index (χ0v) is 15.7. The van der Waals surface area contributed by atoms with Crippen LogP contribution in [0.4, 0.5) is 0 Å². The Hall–Kier alpha value is -2.33. The number of rotatable bonds is 7. The molecule has 2 aromatic rings. The fourth-order valence-corrected chi connectivity index (χ4v) is 3.25. The van der Waals surface area contributed by atoms with Gasteiger partial charge in [0.05, 0.1) is 17.9 Å². The lowest BCUT2D eigenvalue weighted by atomic mass is 10.0. The standard InChI is InChI=1S/C21H23NO2S/c1-4-6-15-25-19-10-8-7-9-18(19)20(22-3)16-11-13-17(14-12-16)21(23)24-5-2/h6-15H,4-5H2,1-3H3/b15-6+,22-20?. The Balaban J connectivity index is 2.32. The summed E-state index contributed by atoms with van der Waals surface area (Å²) in [5.74, 6) is -0.301. The van der Waals surface area contributed by atoms with E-state index in [4.69, 9.17) is 4.74 Å². The van der Waals surface area contributed by atoms with Crippen molar-refractivity contribution in [2.24, 2.45) is 4.99 Å². The quantitative estimate of drug-likeness (QED) is 0.383. The second kappa shape index (κ2) is 9.84. The monoisotopic (exact) mass is 353 g/mol. The van der Waals surface area contributed by atoms with E-state index < -0.39 is 0 Å². The normalized spacial score (nSPS) is 11.7. The molecule has 0 aliphatic heterocycles. The van der Waals surface area contributed by atoms with Crippen LogP contribution < -0.4 is 0 Å². The van der Waals surface area contributed by atoms with Crippen LogP contribution in [0.3, 0.4) is 0 Å². The van der Waals surface area contributed by atoms with Crippen LogP contribution in [0.5, 0.6) is 0 Å². The highest BCUT2D eigenvalue weighted by molar-refractivity contribution is 8.02. The Kier molecular flexibility index (Phi) is 7.48. The Bertz CT molecular complexity index is 764. The van der Waals surface area contributed by atoms with E-state index in [1.54, 1.807) is 37.9 Å². The van der Waals surface area contributed by atoms with Gasteiger partial charge in [-0.25, -0.2) is 4.79 Å². The molecule has 0 amide bonds. The Morgan fingerprint density at radius 2 is 1.76 bits per heavy atom. The van der Waals surface area contributed by atoms with Gasteiger partial charge in [0.15, 0.2) is 0 Å². The van der Waals surface area contributed by atoms with E-state index in [2.05, 4.69) is 35.5 Å². The minimum Gasteiger partial charge on any atom is -0.462 e. The molecule has 2 aromatic carbocycles. The number of ether oxygens (including phenoxy) is 1. The van der Waals surface area contributed by atoms with Crippen LogP contribution in [0.15, 0.2) is 69.9 Å². The fourth-order valence-electron chi connectivity index (χ4n) is 2.37. The molecule has 0 aromatic heterocycles. The van der Waals surface area contributed by atoms with Crippen LogP contribution in [-0.4, -0.2) is 25.3 Å². The number of thioether (sulfide) groups is 1. The van der Waals surface area contributed by atoms with Crippen molar-refractivity contribution in [3.05, 3.63) is 76.7 Å². The van der Waals surface area contributed by atoms with Gasteiger partial charge in [0, 0.05) is 23.1 Å². The predicted octanol–water partition coefficient (Wildman–Crippen LogP) is 5.35. The molecule has 0 unspecified atom stereocenters. The Morgan fingerprint density at radius 1 is 1.08 bits per heavy atom. The number of aliphatic imine (C=N–C) groups is 1. The van der Waals surface area contributed by atoms with E-state index >= 15 is 0 Å². The second-order valence-corrected chi connectivity index (χ2v) is 6.21. The van der Waals surface area contributed by atoms with Gasteiger partial charge in [-0.1, -0.05) is 55.1 Å². The van der Waals surface area contributed by atoms with Gasteiger partial charge in [-0.05, 0) is 37.0 Å². The minimum absolute atomic E-state index is 0.301. The molecule has 0 saturated heterocycles. The van der Waals surface area contributed by atoms with Crippen molar-refractivity contribution in [1.29, 1.82) is 0 Å². The molecule has 2 rings (SSSR count). The van der Waals surface area contributed by atoms with Gasteiger partial charge in [0.1, 0.15) is 0 Å². The van der Waals surface area contributed by atoms with Crippen LogP contribution in [0.2, 0.25) is 0 Å². The number of carbonyl (C=O) groups is 1. The highest BCUT2D eigenvalue weighted by atomic mass is 32.2. The van der Waals surface area contributed by atoms with Crippen molar-refractivity contribution in [2.75, 3.05) is 13.7 Å². The number of allylic oxidation sites excluding steroid dienone is 1. The summed E-state index contributed by atoms with van der Waals surface area (Å²) >= 11 is 1.69. The number of hydrogen-bond acceptors (Lipinski definition) is 4. The Morgan fingerprint density at radius 3 is 2.40 bits per heavy atom. The smallest absolute Gasteiger partial charge is 0.338 e. The van der Waals surface area contributed by atoms with Crippen molar-refractivity contribution in [2.45, 2.75) is 25.2 Å². The van der Waals surface area contributed by atoms with Gasteiger partial charge < -0.3 is 4.74 Å². The van der Waals surface area contributed by atoms with E-state index in [1.165, 1.54) is 0 Å².